The predicted octanol–water partition coefficient (Wildman–Crippen LogP) is 2.64. The lowest BCUT2D eigenvalue weighted by Crippen LogP contribution is -2.48. The van der Waals surface area contributed by atoms with Gasteiger partial charge < -0.3 is 14.3 Å². The molecule has 5 rings (SSSR count). The Kier molecular flexibility index (Phi) is 4.09. The molecule has 2 aromatic heterocycles. The van der Waals surface area contributed by atoms with Gasteiger partial charge in [0, 0.05) is 60.0 Å². The second-order valence-electron chi connectivity index (χ2n) is 7.93. The molecule has 0 radical (unpaired) electrons. The molecular formula is C22H23N3O3. The number of likely N-dealkylation sites (tertiary alicyclic amines) is 1. The summed E-state index contributed by atoms with van der Waals surface area (Å²) in [7, 11) is 1.63. The summed E-state index contributed by atoms with van der Waals surface area (Å²) in [6, 6.07) is 11.3. The molecule has 2 atom stereocenters. The summed E-state index contributed by atoms with van der Waals surface area (Å²) in [5, 5.41) is 0.901. The van der Waals surface area contributed by atoms with E-state index in [1.54, 1.807) is 19.4 Å². The average molecular weight is 377 g/mol. The second-order valence-corrected chi connectivity index (χ2v) is 7.93. The van der Waals surface area contributed by atoms with Crippen LogP contribution in [0.4, 0.5) is 0 Å². The van der Waals surface area contributed by atoms with Gasteiger partial charge in [-0.25, -0.2) is 0 Å². The van der Waals surface area contributed by atoms with Crippen molar-refractivity contribution in [3.8, 4) is 5.75 Å². The lowest BCUT2D eigenvalue weighted by Gasteiger charge is -2.42. The average Bonchev–Trinajstić information content (AvgIpc) is 3.12. The highest BCUT2D eigenvalue weighted by Gasteiger charge is 2.35. The van der Waals surface area contributed by atoms with Crippen LogP contribution in [-0.2, 0) is 6.54 Å². The molecule has 0 unspecified atom stereocenters. The first-order valence-corrected chi connectivity index (χ1v) is 9.73. The predicted molar refractivity (Wildman–Crippen MR) is 107 cm³/mol. The third-order valence-corrected chi connectivity index (χ3v) is 6.11. The van der Waals surface area contributed by atoms with Crippen molar-refractivity contribution >= 4 is 16.7 Å². The molecule has 4 heterocycles. The number of rotatable bonds is 4. The Bertz CT molecular complexity index is 1110. The lowest BCUT2D eigenvalue weighted by molar-refractivity contribution is 0.0819. The molecule has 1 fully saturated rings. The van der Waals surface area contributed by atoms with Crippen LogP contribution in [0, 0.1) is 5.92 Å². The number of ketones is 1. The van der Waals surface area contributed by atoms with Gasteiger partial charge in [0.25, 0.3) is 5.56 Å². The standard InChI is InChI=1S/C22H23N3O3/c1-28-16-5-6-19-17(8-16)18(9-23-19)21(26)13-24-10-14-7-15(12-24)20-3-2-4-22(27)25(20)11-14/h2-6,8-9,14-15,23H,7,10-13H2,1H3/t14-,15+/m1/s1. The minimum atomic E-state index is 0.0875. The number of fused-ring (bicyclic) bond motifs is 5. The van der Waals surface area contributed by atoms with Crippen LogP contribution >= 0.6 is 0 Å². The van der Waals surface area contributed by atoms with Crippen LogP contribution in [0.2, 0.25) is 0 Å². The van der Waals surface area contributed by atoms with Gasteiger partial charge in [-0.1, -0.05) is 6.07 Å². The molecule has 0 saturated carbocycles. The van der Waals surface area contributed by atoms with Gasteiger partial charge in [-0.05, 0) is 36.6 Å². The zero-order valence-corrected chi connectivity index (χ0v) is 15.9. The Morgan fingerprint density at radius 1 is 1.21 bits per heavy atom. The summed E-state index contributed by atoms with van der Waals surface area (Å²) in [6.45, 7) is 2.82. The molecule has 28 heavy (non-hydrogen) atoms. The van der Waals surface area contributed by atoms with E-state index < -0.39 is 0 Å². The Labute approximate surface area is 162 Å². The molecule has 0 aliphatic carbocycles. The van der Waals surface area contributed by atoms with E-state index in [0.717, 1.165) is 48.4 Å². The van der Waals surface area contributed by atoms with Crippen molar-refractivity contribution in [2.24, 2.45) is 5.92 Å². The highest BCUT2D eigenvalue weighted by Crippen LogP contribution is 2.35. The number of nitrogens with one attached hydrogen (secondary N) is 1. The molecule has 144 valence electrons. The molecule has 1 saturated heterocycles. The smallest absolute Gasteiger partial charge is 0.250 e. The van der Waals surface area contributed by atoms with Crippen molar-refractivity contribution in [3.63, 3.8) is 0 Å². The largest absolute Gasteiger partial charge is 0.497 e. The topological polar surface area (TPSA) is 67.3 Å². The number of piperidine rings is 1. The van der Waals surface area contributed by atoms with Crippen LogP contribution in [0.3, 0.4) is 0 Å². The number of carbonyl (C=O) groups excluding carboxylic acids is 1. The molecule has 2 bridgehead atoms. The molecule has 1 N–H and O–H groups in total. The minimum absolute atomic E-state index is 0.0875. The van der Waals surface area contributed by atoms with Crippen molar-refractivity contribution in [3.05, 3.63) is 64.2 Å². The number of benzene rings is 1. The summed E-state index contributed by atoms with van der Waals surface area (Å²) < 4.78 is 7.23. The van der Waals surface area contributed by atoms with E-state index in [4.69, 9.17) is 4.74 Å². The number of hydrogen-bond donors (Lipinski definition) is 1. The van der Waals surface area contributed by atoms with Gasteiger partial charge in [0.2, 0.25) is 0 Å². The van der Waals surface area contributed by atoms with E-state index in [0.29, 0.717) is 23.9 Å². The Hall–Kier alpha value is -2.86. The number of carbonyl (C=O) groups is 1. The molecular weight excluding hydrogens is 354 g/mol. The first-order chi connectivity index (χ1) is 13.6. The van der Waals surface area contributed by atoms with Gasteiger partial charge in [-0.2, -0.15) is 0 Å². The SMILES string of the molecule is COc1ccc2[nH]cc(C(=O)CN3C[C@H]4C[C@@H](C3)c3cccc(=O)n3C4)c2c1. The summed E-state index contributed by atoms with van der Waals surface area (Å²) in [5.74, 6) is 1.60. The van der Waals surface area contributed by atoms with Crippen molar-refractivity contribution in [2.75, 3.05) is 26.7 Å². The highest BCUT2D eigenvalue weighted by atomic mass is 16.5. The number of aromatic amines is 1. The number of nitrogens with zero attached hydrogens (tertiary/aromatic N) is 2. The Morgan fingerprint density at radius 2 is 2.11 bits per heavy atom. The number of ether oxygens (including phenoxy) is 1. The first-order valence-electron chi connectivity index (χ1n) is 9.73. The van der Waals surface area contributed by atoms with Gasteiger partial charge in [0.05, 0.1) is 13.7 Å². The summed E-state index contributed by atoms with van der Waals surface area (Å²) >= 11 is 0. The monoisotopic (exact) mass is 377 g/mol. The van der Waals surface area contributed by atoms with Gasteiger partial charge >= 0.3 is 0 Å². The summed E-state index contributed by atoms with van der Waals surface area (Å²) in [4.78, 5) is 30.7. The second kappa shape index (κ2) is 6.63. The number of methoxy groups -OCH3 is 1. The van der Waals surface area contributed by atoms with E-state index in [1.807, 2.05) is 28.8 Å². The van der Waals surface area contributed by atoms with Crippen LogP contribution in [0.25, 0.3) is 10.9 Å². The highest BCUT2D eigenvalue weighted by molar-refractivity contribution is 6.09. The molecule has 2 aliphatic heterocycles. The quantitative estimate of drug-likeness (QED) is 0.710. The van der Waals surface area contributed by atoms with Crippen LogP contribution in [0.1, 0.15) is 28.4 Å². The first kappa shape index (κ1) is 17.3. The van der Waals surface area contributed by atoms with Gasteiger partial charge in [0.15, 0.2) is 5.78 Å². The van der Waals surface area contributed by atoms with E-state index >= 15 is 0 Å². The minimum Gasteiger partial charge on any atom is -0.497 e. The fourth-order valence-electron chi connectivity index (χ4n) is 4.87. The third-order valence-electron chi connectivity index (χ3n) is 6.11. The van der Waals surface area contributed by atoms with Crippen molar-refractivity contribution in [1.29, 1.82) is 0 Å². The number of Topliss-reactive ketones (excluding diaryl/α,β-unsaturated/α-hetero) is 1. The number of pyridine rings is 1. The van der Waals surface area contributed by atoms with Gasteiger partial charge in [-0.15, -0.1) is 0 Å². The van der Waals surface area contributed by atoms with E-state index in [2.05, 4.69) is 16.0 Å². The van der Waals surface area contributed by atoms with Crippen LogP contribution in [0.5, 0.6) is 5.75 Å². The van der Waals surface area contributed by atoms with Crippen molar-refractivity contribution < 1.29 is 9.53 Å². The van der Waals surface area contributed by atoms with Crippen LogP contribution < -0.4 is 10.3 Å². The Morgan fingerprint density at radius 3 is 2.96 bits per heavy atom. The molecule has 0 spiro atoms. The number of H-pyrrole nitrogens is 1. The Balaban J connectivity index is 1.38. The van der Waals surface area contributed by atoms with Crippen molar-refractivity contribution in [1.82, 2.24) is 14.5 Å². The normalized spacial score (nSPS) is 21.5. The molecule has 3 aromatic rings. The maximum absolute atomic E-state index is 13.0. The fourth-order valence-corrected chi connectivity index (χ4v) is 4.87. The molecule has 0 amide bonds. The van der Waals surface area contributed by atoms with Gasteiger partial charge in [-0.3, -0.25) is 14.5 Å². The zero-order chi connectivity index (χ0) is 19.3. The number of aromatic nitrogens is 2. The molecule has 2 aliphatic rings. The third kappa shape index (κ3) is 2.85. The summed E-state index contributed by atoms with van der Waals surface area (Å²) in [5.41, 5.74) is 2.84. The maximum atomic E-state index is 13.0. The van der Waals surface area contributed by atoms with E-state index in [9.17, 15) is 9.59 Å². The molecule has 1 aromatic carbocycles. The van der Waals surface area contributed by atoms with E-state index in [-0.39, 0.29) is 11.3 Å². The summed E-state index contributed by atoms with van der Waals surface area (Å²) in [6.07, 6.45) is 2.89. The van der Waals surface area contributed by atoms with Crippen LogP contribution in [-0.4, -0.2) is 47.0 Å². The van der Waals surface area contributed by atoms with Crippen LogP contribution in [0.15, 0.2) is 47.4 Å². The van der Waals surface area contributed by atoms with Crippen molar-refractivity contribution in [2.45, 2.75) is 18.9 Å². The fraction of sp³-hybridized carbons (Fsp3) is 0.364. The van der Waals surface area contributed by atoms with Gasteiger partial charge in [0.1, 0.15) is 5.75 Å². The lowest BCUT2D eigenvalue weighted by atomic mass is 9.83. The molecule has 6 heteroatoms. The maximum Gasteiger partial charge on any atom is 0.250 e. The molecule has 6 nitrogen and oxygen atoms in total. The number of hydrogen-bond acceptors (Lipinski definition) is 4. The zero-order valence-electron chi connectivity index (χ0n) is 15.9. The van der Waals surface area contributed by atoms with E-state index in [1.165, 1.54) is 0 Å².